The number of likely N-dealkylation sites (tertiary alicyclic amines) is 1. The van der Waals surface area contributed by atoms with Crippen LogP contribution in [-0.2, 0) is 42.1 Å². The number of piperidine rings is 1. The lowest BCUT2D eigenvalue weighted by atomic mass is 9.89. The second-order valence-corrected chi connectivity index (χ2v) is 13.4. The summed E-state index contributed by atoms with van der Waals surface area (Å²) in [6, 6.07) is 23.9. The van der Waals surface area contributed by atoms with Crippen LogP contribution in [0.2, 0.25) is 0 Å². The molecule has 3 fully saturated rings. The Kier molecular flexibility index (Phi) is 9.27. The summed E-state index contributed by atoms with van der Waals surface area (Å²) in [4.78, 5) is 2.66. The molecule has 0 aliphatic carbocycles. The Morgan fingerprint density at radius 3 is 2.14 bits per heavy atom. The number of hydrogen-bond donors (Lipinski definition) is 2. The normalized spacial score (nSPS) is 26.1. The maximum Gasteiger partial charge on any atom is 0.240 e. The van der Waals surface area contributed by atoms with Crippen molar-refractivity contribution in [2.45, 2.75) is 62.1 Å². The van der Waals surface area contributed by atoms with Crippen LogP contribution in [0.4, 0.5) is 0 Å². The van der Waals surface area contributed by atoms with Gasteiger partial charge in [0.05, 0.1) is 36.9 Å². The van der Waals surface area contributed by atoms with Crippen LogP contribution >= 0.6 is 0 Å². The van der Waals surface area contributed by atoms with Crippen molar-refractivity contribution >= 4 is 10.0 Å². The molecule has 43 heavy (non-hydrogen) atoms. The SMILES string of the molecule is C[C@H]1[C@@H](CN2CCC3(CC2)OCCO3)O[C@@H](c2ccc(CNS(=O)(=O)c3ccccc3)cc2)O[C@H]1c1ccc(CO)cc1. The van der Waals surface area contributed by atoms with E-state index in [-0.39, 0.29) is 36.2 Å². The second kappa shape index (κ2) is 13.1. The van der Waals surface area contributed by atoms with Gasteiger partial charge in [0, 0.05) is 50.5 Å². The highest BCUT2D eigenvalue weighted by molar-refractivity contribution is 7.89. The summed E-state index contributed by atoms with van der Waals surface area (Å²) in [5.41, 5.74) is 3.60. The zero-order valence-corrected chi connectivity index (χ0v) is 25.2. The van der Waals surface area contributed by atoms with Gasteiger partial charge in [-0.25, -0.2) is 13.1 Å². The number of nitrogens with zero attached hydrogens (tertiary/aromatic N) is 1. The lowest BCUT2D eigenvalue weighted by molar-refractivity contribution is -0.278. The predicted octanol–water partition coefficient (Wildman–Crippen LogP) is 4.29. The van der Waals surface area contributed by atoms with Gasteiger partial charge in [0.1, 0.15) is 0 Å². The molecule has 0 saturated carbocycles. The van der Waals surface area contributed by atoms with E-state index in [2.05, 4.69) is 16.5 Å². The first-order valence-electron chi connectivity index (χ1n) is 15.0. The fraction of sp³-hybridized carbons (Fsp3) is 0.455. The molecule has 0 amide bonds. The standard InChI is InChI=1S/C33H40N2O7S/c1-24-30(22-35-17-15-33(16-18-35)39-19-20-40-33)41-32(42-31(24)27-11-9-26(23-36)10-12-27)28-13-7-25(8-14-28)21-34-43(37,38)29-5-3-2-4-6-29/h2-14,24,30-32,34,36H,15-23H2,1H3/t24-,30+,31+,32+/m0/s1. The van der Waals surface area contributed by atoms with Crippen molar-refractivity contribution in [1.29, 1.82) is 0 Å². The lowest BCUT2D eigenvalue weighted by Crippen LogP contribution is -2.50. The number of rotatable bonds is 9. The molecule has 3 aliphatic heterocycles. The molecule has 3 aromatic rings. The first kappa shape index (κ1) is 30.4. The number of benzene rings is 3. The van der Waals surface area contributed by atoms with Crippen LogP contribution < -0.4 is 4.72 Å². The smallest absolute Gasteiger partial charge is 0.240 e. The molecule has 0 radical (unpaired) electrons. The summed E-state index contributed by atoms with van der Waals surface area (Å²) < 4.78 is 53.1. The topological polar surface area (TPSA) is 107 Å². The van der Waals surface area contributed by atoms with E-state index in [1.807, 2.05) is 48.5 Å². The van der Waals surface area contributed by atoms with Crippen LogP contribution in [-0.4, -0.2) is 63.2 Å². The average Bonchev–Trinajstić information content (AvgIpc) is 3.51. The summed E-state index contributed by atoms with van der Waals surface area (Å²) >= 11 is 0. The molecule has 0 unspecified atom stereocenters. The van der Waals surface area contributed by atoms with E-state index in [1.165, 1.54) is 0 Å². The summed E-state index contributed by atoms with van der Waals surface area (Å²) in [5.74, 6) is -0.340. The number of ether oxygens (including phenoxy) is 4. The van der Waals surface area contributed by atoms with E-state index < -0.39 is 22.1 Å². The van der Waals surface area contributed by atoms with Gasteiger partial charge in [-0.05, 0) is 28.8 Å². The van der Waals surface area contributed by atoms with Crippen LogP contribution in [0.5, 0.6) is 0 Å². The van der Waals surface area contributed by atoms with Gasteiger partial charge < -0.3 is 29.0 Å². The van der Waals surface area contributed by atoms with Crippen LogP contribution in [0.3, 0.4) is 0 Å². The Morgan fingerprint density at radius 2 is 1.49 bits per heavy atom. The Balaban J connectivity index is 1.16. The molecule has 2 N–H and O–H groups in total. The van der Waals surface area contributed by atoms with Gasteiger partial charge >= 0.3 is 0 Å². The van der Waals surface area contributed by atoms with Crippen LogP contribution in [0, 0.1) is 5.92 Å². The summed E-state index contributed by atoms with van der Waals surface area (Å²) in [7, 11) is -3.60. The Hall–Kier alpha value is -2.67. The third-order valence-corrected chi connectivity index (χ3v) is 10.2. The lowest BCUT2D eigenvalue weighted by Gasteiger charge is -2.44. The van der Waals surface area contributed by atoms with Gasteiger partial charge in [-0.1, -0.05) is 73.7 Å². The Labute approximate surface area is 253 Å². The maximum atomic E-state index is 12.7. The van der Waals surface area contributed by atoms with E-state index in [9.17, 15) is 13.5 Å². The van der Waals surface area contributed by atoms with E-state index in [0.29, 0.717) is 13.2 Å². The first-order valence-corrected chi connectivity index (χ1v) is 16.5. The van der Waals surface area contributed by atoms with Gasteiger partial charge in [-0.2, -0.15) is 0 Å². The van der Waals surface area contributed by atoms with Gasteiger partial charge in [-0.3, -0.25) is 0 Å². The molecule has 6 rings (SSSR count). The van der Waals surface area contributed by atoms with Crippen molar-refractivity contribution in [2.24, 2.45) is 5.92 Å². The third-order valence-electron chi connectivity index (χ3n) is 8.76. The first-order chi connectivity index (χ1) is 20.8. The highest BCUT2D eigenvalue weighted by Crippen LogP contribution is 2.42. The van der Waals surface area contributed by atoms with Crippen molar-refractivity contribution in [2.75, 3.05) is 32.8 Å². The monoisotopic (exact) mass is 608 g/mol. The summed E-state index contributed by atoms with van der Waals surface area (Å²) in [5, 5.41) is 9.53. The molecule has 3 saturated heterocycles. The van der Waals surface area contributed by atoms with E-state index >= 15 is 0 Å². The van der Waals surface area contributed by atoms with E-state index in [0.717, 1.165) is 54.7 Å². The number of nitrogens with one attached hydrogen (secondary N) is 1. The number of aliphatic hydroxyl groups excluding tert-OH is 1. The minimum absolute atomic E-state index is 0.00649. The molecule has 4 atom stereocenters. The van der Waals surface area contributed by atoms with Crippen LogP contribution in [0.25, 0.3) is 0 Å². The predicted molar refractivity (Wildman–Crippen MR) is 160 cm³/mol. The highest BCUT2D eigenvalue weighted by atomic mass is 32.2. The van der Waals surface area contributed by atoms with Crippen LogP contribution in [0.15, 0.2) is 83.8 Å². The molecular weight excluding hydrogens is 568 g/mol. The third kappa shape index (κ3) is 7.02. The molecule has 3 aliphatic rings. The summed E-state index contributed by atoms with van der Waals surface area (Å²) in [6.07, 6.45) is 0.812. The fourth-order valence-electron chi connectivity index (χ4n) is 6.10. The molecule has 10 heteroatoms. The minimum Gasteiger partial charge on any atom is -0.392 e. The molecular formula is C33H40N2O7S. The zero-order chi connectivity index (χ0) is 29.9. The largest absolute Gasteiger partial charge is 0.392 e. The fourth-order valence-corrected chi connectivity index (χ4v) is 7.14. The Morgan fingerprint density at radius 1 is 0.860 bits per heavy atom. The van der Waals surface area contributed by atoms with Gasteiger partial charge in [0.2, 0.25) is 10.0 Å². The van der Waals surface area contributed by atoms with Crippen molar-refractivity contribution in [3.8, 4) is 0 Å². The van der Waals surface area contributed by atoms with Crippen molar-refractivity contribution < 1.29 is 32.5 Å². The Bertz CT molecular complexity index is 1430. The molecule has 9 nitrogen and oxygen atoms in total. The molecule has 230 valence electrons. The molecule has 0 aromatic heterocycles. The van der Waals surface area contributed by atoms with Gasteiger partial charge in [0.25, 0.3) is 0 Å². The van der Waals surface area contributed by atoms with Crippen molar-refractivity contribution in [3.63, 3.8) is 0 Å². The molecule has 0 bridgehead atoms. The van der Waals surface area contributed by atoms with E-state index in [4.69, 9.17) is 18.9 Å². The highest BCUT2D eigenvalue weighted by Gasteiger charge is 2.43. The second-order valence-electron chi connectivity index (χ2n) is 11.6. The van der Waals surface area contributed by atoms with Gasteiger partial charge in [-0.15, -0.1) is 0 Å². The van der Waals surface area contributed by atoms with Crippen molar-refractivity contribution in [1.82, 2.24) is 9.62 Å². The quantitative estimate of drug-likeness (QED) is 0.371. The maximum absolute atomic E-state index is 12.7. The van der Waals surface area contributed by atoms with Crippen molar-refractivity contribution in [3.05, 3.63) is 101 Å². The number of sulfonamides is 1. The van der Waals surface area contributed by atoms with E-state index in [1.54, 1.807) is 30.3 Å². The van der Waals surface area contributed by atoms with Crippen LogP contribution in [0.1, 0.15) is 54.4 Å². The number of aliphatic hydroxyl groups is 1. The number of hydrogen-bond acceptors (Lipinski definition) is 8. The molecule has 3 aromatic carbocycles. The molecule has 1 spiro atoms. The molecule has 3 heterocycles. The zero-order valence-electron chi connectivity index (χ0n) is 24.4. The summed E-state index contributed by atoms with van der Waals surface area (Å²) in [6.45, 7) is 6.18. The minimum atomic E-state index is -3.60. The van der Waals surface area contributed by atoms with Gasteiger partial charge in [0.15, 0.2) is 12.1 Å². The average molecular weight is 609 g/mol.